The van der Waals surface area contributed by atoms with Crippen LogP contribution in [0.25, 0.3) is 0 Å². The van der Waals surface area contributed by atoms with Crippen molar-refractivity contribution in [1.82, 2.24) is 10.2 Å². The molecular weight excluding hydrogens is 406 g/mol. The first-order valence-corrected chi connectivity index (χ1v) is 11.3. The number of nitrogens with zero attached hydrogens (tertiary/aromatic N) is 2. The lowest BCUT2D eigenvalue weighted by atomic mass is 9.95. The maximum Gasteiger partial charge on any atom is 0.255 e. The van der Waals surface area contributed by atoms with E-state index in [-0.39, 0.29) is 11.9 Å². The second-order valence-corrected chi connectivity index (χ2v) is 8.35. The molecule has 1 atom stereocenters. The molecule has 1 amide bonds. The van der Waals surface area contributed by atoms with Crippen molar-refractivity contribution >= 4 is 11.6 Å². The summed E-state index contributed by atoms with van der Waals surface area (Å²) in [5.74, 6) is 1.01. The van der Waals surface area contributed by atoms with Gasteiger partial charge in [-0.1, -0.05) is 12.1 Å². The lowest BCUT2D eigenvalue weighted by Gasteiger charge is -2.36. The van der Waals surface area contributed by atoms with E-state index in [1.807, 2.05) is 0 Å². The highest BCUT2D eigenvalue weighted by Crippen LogP contribution is 2.31. The number of hydrogen-bond donors (Lipinski definition) is 1. The second kappa shape index (κ2) is 10.2. The fourth-order valence-electron chi connectivity index (χ4n) is 4.63. The molecule has 1 N–H and O–H groups in total. The molecule has 0 aromatic heterocycles. The number of rotatable bonds is 7. The first-order chi connectivity index (χ1) is 15.6. The molecule has 1 fully saturated rings. The molecule has 0 saturated carbocycles. The summed E-state index contributed by atoms with van der Waals surface area (Å²) >= 11 is 0. The molecule has 2 aromatic rings. The number of fused-ring (bicyclic) bond motifs is 1. The van der Waals surface area contributed by atoms with Crippen LogP contribution < -0.4 is 19.7 Å². The molecule has 7 nitrogen and oxygen atoms in total. The topological polar surface area (TPSA) is 63.3 Å². The van der Waals surface area contributed by atoms with Gasteiger partial charge in [0.15, 0.2) is 0 Å². The number of nitrogens with one attached hydrogen (secondary N) is 1. The third-order valence-electron chi connectivity index (χ3n) is 6.43. The normalized spacial score (nSPS) is 17.4. The van der Waals surface area contributed by atoms with Gasteiger partial charge in [-0.3, -0.25) is 9.69 Å². The summed E-state index contributed by atoms with van der Waals surface area (Å²) in [6.07, 6.45) is 2.27. The van der Waals surface area contributed by atoms with E-state index in [1.54, 1.807) is 32.4 Å². The summed E-state index contributed by atoms with van der Waals surface area (Å²) in [5.41, 5.74) is 4.44. The number of ether oxygens (including phenoxy) is 3. The minimum Gasteiger partial charge on any atom is -0.497 e. The molecular formula is C25H33N3O4. The zero-order valence-electron chi connectivity index (χ0n) is 19.2. The SMILES string of the molecule is COc1ccc(C(=O)NC[C@@H](c2ccc3c(c2)CCCN3C)N2CCOCC2)c(OC)c1. The Morgan fingerprint density at radius 2 is 1.91 bits per heavy atom. The molecule has 2 aliphatic rings. The zero-order chi connectivity index (χ0) is 22.5. The quantitative estimate of drug-likeness (QED) is 0.716. The van der Waals surface area contributed by atoms with Crippen LogP contribution in [0.5, 0.6) is 11.5 Å². The average molecular weight is 440 g/mol. The Morgan fingerprint density at radius 1 is 1.09 bits per heavy atom. The number of carbonyl (C=O) groups excluding carboxylic acids is 1. The van der Waals surface area contributed by atoms with Crippen molar-refractivity contribution < 1.29 is 19.0 Å². The van der Waals surface area contributed by atoms with Crippen molar-refractivity contribution in [3.63, 3.8) is 0 Å². The summed E-state index contributed by atoms with van der Waals surface area (Å²) in [6, 6.07) is 12.1. The van der Waals surface area contributed by atoms with E-state index in [9.17, 15) is 4.79 Å². The molecule has 1 saturated heterocycles. The van der Waals surface area contributed by atoms with Crippen LogP contribution in [-0.4, -0.2) is 71.5 Å². The molecule has 0 bridgehead atoms. The molecule has 0 spiro atoms. The van der Waals surface area contributed by atoms with Gasteiger partial charge in [0.1, 0.15) is 11.5 Å². The third-order valence-corrected chi connectivity index (χ3v) is 6.43. The van der Waals surface area contributed by atoms with Gasteiger partial charge in [0.2, 0.25) is 0 Å². The number of hydrogen-bond acceptors (Lipinski definition) is 6. The Bertz CT molecular complexity index is 943. The third kappa shape index (κ3) is 4.84. The Balaban J connectivity index is 1.55. The number of benzene rings is 2. The monoisotopic (exact) mass is 439 g/mol. The molecule has 32 heavy (non-hydrogen) atoms. The van der Waals surface area contributed by atoms with Crippen molar-refractivity contribution in [2.75, 3.05) is 65.6 Å². The van der Waals surface area contributed by atoms with Crippen molar-refractivity contribution in [3.8, 4) is 11.5 Å². The maximum absolute atomic E-state index is 13.0. The van der Waals surface area contributed by atoms with Gasteiger partial charge >= 0.3 is 0 Å². The van der Waals surface area contributed by atoms with Crippen LogP contribution in [0.15, 0.2) is 36.4 Å². The van der Waals surface area contributed by atoms with E-state index in [1.165, 1.54) is 23.2 Å². The van der Waals surface area contributed by atoms with Gasteiger partial charge in [-0.15, -0.1) is 0 Å². The van der Waals surface area contributed by atoms with Crippen molar-refractivity contribution in [2.45, 2.75) is 18.9 Å². The van der Waals surface area contributed by atoms with Crippen molar-refractivity contribution in [3.05, 3.63) is 53.1 Å². The maximum atomic E-state index is 13.0. The molecule has 0 unspecified atom stereocenters. The summed E-state index contributed by atoms with van der Waals surface area (Å²) in [5, 5.41) is 3.14. The molecule has 7 heteroatoms. The fourth-order valence-corrected chi connectivity index (χ4v) is 4.63. The van der Waals surface area contributed by atoms with Crippen molar-refractivity contribution in [1.29, 1.82) is 0 Å². The second-order valence-electron chi connectivity index (χ2n) is 8.35. The van der Waals surface area contributed by atoms with E-state index in [0.29, 0.717) is 36.8 Å². The number of aryl methyl sites for hydroxylation is 1. The van der Waals surface area contributed by atoms with Crippen LogP contribution in [0.4, 0.5) is 5.69 Å². The van der Waals surface area contributed by atoms with Crippen LogP contribution >= 0.6 is 0 Å². The lowest BCUT2D eigenvalue weighted by molar-refractivity contribution is 0.0162. The van der Waals surface area contributed by atoms with Gasteiger partial charge in [0.25, 0.3) is 5.91 Å². The molecule has 172 valence electrons. The molecule has 2 heterocycles. The van der Waals surface area contributed by atoms with Crippen LogP contribution in [0, 0.1) is 0 Å². The predicted molar refractivity (Wildman–Crippen MR) is 125 cm³/mol. The molecule has 2 aliphatic heterocycles. The van der Waals surface area contributed by atoms with Crippen LogP contribution in [-0.2, 0) is 11.2 Å². The minimum absolute atomic E-state index is 0.0876. The van der Waals surface area contributed by atoms with Crippen LogP contribution in [0.3, 0.4) is 0 Å². The predicted octanol–water partition coefficient (Wildman–Crippen LogP) is 2.89. The highest BCUT2D eigenvalue weighted by atomic mass is 16.5. The largest absolute Gasteiger partial charge is 0.497 e. The highest BCUT2D eigenvalue weighted by molar-refractivity contribution is 5.97. The summed E-state index contributed by atoms with van der Waals surface area (Å²) in [6.45, 7) is 4.74. The summed E-state index contributed by atoms with van der Waals surface area (Å²) < 4.78 is 16.2. The van der Waals surface area contributed by atoms with E-state index < -0.39 is 0 Å². The molecule has 0 aliphatic carbocycles. The highest BCUT2D eigenvalue weighted by Gasteiger charge is 2.25. The Kier molecular flexibility index (Phi) is 7.17. The summed E-state index contributed by atoms with van der Waals surface area (Å²) in [7, 11) is 5.31. The van der Waals surface area contributed by atoms with E-state index in [2.05, 4.69) is 40.4 Å². The van der Waals surface area contributed by atoms with Gasteiger partial charge in [-0.05, 0) is 42.2 Å². The van der Waals surface area contributed by atoms with Gasteiger partial charge in [0, 0.05) is 45.0 Å². The zero-order valence-corrected chi connectivity index (χ0v) is 19.2. The molecule has 0 radical (unpaired) electrons. The van der Waals surface area contributed by atoms with Crippen molar-refractivity contribution in [2.24, 2.45) is 0 Å². The number of amides is 1. The lowest BCUT2D eigenvalue weighted by Crippen LogP contribution is -2.44. The fraction of sp³-hybridized carbons (Fsp3) is 0.480. The number of carbonyl (C=O) groups is 1. The standard InChI is InChI=1S/C25H33N3O4/c1-27-10-4-5-18-15-19(6-9-22(18)27)23(28-11-13-32-14-12-28)17-26-25(29)21-8-7-20(30-2)16-24(21)31-3/h6-9,15-16,23H,4-5,10-14,17H2,1-3H3,(H,26,29)/t23-/m0/s1. The smallest absolute Gasteiger partial charge is 0.255 e. The number of morpholine rings is 1. The van der Waals surface area contributed by atoms with Gasteiger partial charge in [-0.2, -0.15) is 0 Å². The van der Waals surface area contributed by atoms with Gasteiger partial charge in [0.05, 0.1) is 39.0 Å². The number of methoxy groups -OCH3 is 2. The number of anilines is 1. The Labute approximate surface area is 190 Å². The van der Waals surface area contributed by atoms with Gasteiger partial charge in [-0.25, -0.2) is 0 Å². The molecule has 4 rings (SSSR count). The van der Waals surface area contributed by atoms with E-state index in [4.69, 9.17) is 14.2 Å². The first-order valence-electron chi connectivity index (χ1n) is 11.3. The average Bonchev–Trinajstić information content (AvgIpc) is 2.84. The minimum atomic E-state index is -0.152. The van der Waals surface area contributed by atoms with E-state index >= 15 is 0 Å². The summed E-state index contributed by atoms with van der Waals surface area (Å²) in [4.78, 5) is 17.8. The van der Waals surface area contributed by atoms with Crippen LogP contribution in [0.2, 0.25) is 0 Å². The Morgan fingerprint density at radius 3 is 2.66 bits per heavy atom. The Hall–Kier alpha value is -2.77. The van der Waals surface area contributed by atoms with Gasteiger partial charge < -0.3 is 24.4 Å². The molecule has 2 aromatic carbocycles. The first kappa shape index (κ1) is 22.4. The van der Waals surface area contributed by atoms with E-state index in [0.717, 1.165) is 26.1 Å². The van der Waals surface area contributed by atoms with Crippen LogP contribution in [0.1, 0.15) is 33.9 Å².